The van der Waals surface area contributed by atoms with Crippen molar-refractivity contribution in [3.8, 4) is 6.01 Å². The summed E-state index contributed by atoms with van der Waals surface area (Å²) in [5.74, 6) is -0.840. The molecular weight excluding hydrogens is 235 g/mol. The number of pyridine rings is 1. The number of anilines is 1. The highest BCUT2D eigenvalue weighted by Gasteiger charge is 2.03. The van der Waals surface area contributed by atoms with E-state index in [0.29, 0.717) is 6.61 Å². The van der Waals surface area contributed by atoms with E-state index in [2.05, 4.69) is 15.0 Å². The first-order valence-corrected chi connectivity index (χ1v) is 5.55. The Balaban J connectivity index is 1.77. The van der Waals surface area contributed by atoms with Crippen LogP contribution in [0.2, 0.25) is 0 Å². The van der Waals surface area contributed by atoms with Crippen LogP contribution in [0, 0.1) is 5.82 Å². The van der Waals surface area contributed by atoms with E-state index >= 15 is 0 Å². The fraction of sp³-hybridized carbons (Fsp3) is 0.250. The van der Waals surface area contributed by atoms with Crippen molar-refractivity contribution >= 4 is 5.82 Å². The van der Waals surface area contributed by atoms with Gasteiger partial charge in [-0.1, -0.05) is 0 Å². The second kappa shape index (κ2) is 5.90. The van der Waals surface area contributed by atoms with Crippen LogP contribution in [0.15, 0.2) is 30.7 Å². The summed E-state index contributed by atoms with van der Waals surface area (Å²) in [5, 5.41) is 0. The molecule has 2 aromatic rings. The Labute approximate surface area is 104 Å². The summed E-state index contributed by atoms with van der Waals surface area (Å²) >= 11 is 0. The van der Waals surface area contributed by atoms with Gasteiger partial charge in [-0.25, -0.2) is 9.37 Å². The number of aryl methyl sites for hydroxylation is 1. The lowest BCUT2D eigenvalue weighted by molar-refractivity contribution is 0.286. The number of ether oxygens (including phenoxy) is 1. The summed E-state index contributed by atoms with van der Waals surface area (Å²) in [6.45, 7) is 0.452. The normalized spacial score (nSPS) is 10.3. The zero-order valence-electron chi connectivity index (χ0n) is 9.71. The average Bonchev–Trinajstić information content (AvgIpc) is 2.40. The maximum absolute atomic E-state index is 12.8. The second-order valence-electron chi connectivity index (χ2n) is 3.69. The number of aromatic nitrogens is 3. The maximum Gasteiger partial charge on any atom is 0.318 e. The van der Waals surface area contributed by atoms with Crippen LogP contribution in [-0.4, -0.2) is 21.6 Å². The van der Waals surface area contributed by atoms with E-state index in [1.807, 2.05) is 12.1 Å². The lowest BCUT2D eigenvalue weighted by Crippen LogP contribution is -2.05. The van der Waals surface area contributed by atoms with Gasteiger partial charge in [-0.15, -0.1) is 0 Å². The Morgan fingerprint density at radius 2 is 2.06 bits per heavy atom. The third-order valence-electron chi connectivity index (χ3n) is 2.34. The molecule has 0 saturated heterocycles. The van der Waals surface area contributed by atoms with E-state index < -0.39 is 5.82 Å². The van der Waals surface area contributed by atoms with Gasteiger partial charge in [-0.2, -0.15) is 4.98 Å². The highest BCUT2D eigenvalue weighted by atomic mass is 19.1. The molecule has 0 aliphatic rings. The summed E-state index contributed by atoms with van der Waals surface area (Å²) in [6.07, 6.45) is 6.18. The number of halogens is 1. The topological polar surface area (TPSA) is 73.9 Å². The van der Waals surface area contributed by atoms with Crippen LogP contribution in [-0.2, 0) is 6.42 Å². The van der Waals surface area contributed by atoms with E-state index in [1.165, 1.54) is 5.56 Å². The number of nitrogens with zero attached hydrogens (tertiary/aromatic N) is 3. The average molecular weight is 248 g/mol. The maximum atomic E-state index is 12.8. The molecule has 94 valence electrons. The van der Waals surface area contributed by atoms with Crippen LogP contribution < -0.4 is 10.5 Å². The van der Waals surface area contributed by atoms with E-state index in [-0.39, 0.29) is 11.8 Å². The van der Waals surface area contributed by atoms with E-state index in [1.54, 1.807) is 12.4 Å². The molecule has 0 unspecified atom stereocenters. The van der Waals surface area contributed by atoms with Gasteiger partial charge in [0.25, 0.3) is 0 Å². The third-order valence-corrected chi connectivity index (χ3v) is 2.34. The zero-order valence-corrected chi connectivity index (χ0v) is 9.71. The summed E-state index contributed by atoms with van der Waals surface area (Å²) in [4.78, 5) is 11.3. The van der Waals surface area contributed by atoms with Crippen LogP contribution in [0.3, 0.4) is 0 Å². The molecular formula is C12H13FN4O. The SMILES string of the molecule is Nc1nc(OCCCc2ccncc2)ncc1F. The predicted molar refractivity (Wildman–Crippen MR) is 64.5 cm³/mol. The van der Waals surface area contributed by atoms with E-state index in [9.17, 15) is 4.39 Å². The number of nitrogen functional groups attached to an aromatic ring is 1. The van der Waals surface area contributed by atoms with Gasteiger partial charge < -0.3 is 10.5 Å². The number of rotatable bonds is 5. The van der Waals surface area contributed by atoms with Gasteiger partial charge in [0.1, 0.15) is 0 Å². The molecule has 0 spiro atoms. The molecule has 2 N–H and O–H groups in total. The van der Waals surface area contributed by atoms with Crippen molar-refractivity contribution in [2.24, 2.45) is 0 Å². The fourth-order valence-electron chi connectivity index (χ4n) is 1.42. The summed E-state index contributed by atoms with van der Waals surface area (Å²) in [6, 6.07) is 4.00. The van der Waals surface area contributed by atoms with Gasteiger partial charge in [-0.3, -0.25) is 4.98 Å². The smallest absolute Gasteiger partial charge is 0.318 e. The molecule has 0 bridgehead atoms. The van der Waals surface area contributed by atoms with Crippen LogP contribution in [0.1, 0.15) is 12.0 Å². The Morgan fingerprint density at radius 3 is 2.78 bits per heavy atom. The first-order valence-electron chi connectivity index (χ1n) is 5.55. The minimum Gasteiger partial charge on any atom is -0.463 e. The van der Waals surface area contributed by atoms with Gasteiger partial charge in [0.05, 0.1) is 12.8 Å². The van der Waals surface area contributed by atoms with Crippen molar-refractivity contribution in [3.63, 3.8) is 0 Å². The molecule has 0 fully saturated rings. The number of nitrogens with two attached hydrogens (primary N) is 1. The fourth-order valence-corrected chi connectivity index (χ4v) is 1.42. The molecule has 0 amide bonds. The van der Waals surface area contributed by atoms with Crippen molar-refractivity contribution in [2.45, 2.75) is 12.8 Å². The second-order valence-corrected chi connectivity index (χ2v) is 3.69. The van der Waals surface area contributed by atoms with Crippen molar-refractivity contribution in [1.82, 2.24) is 15.0 Å². The highest BCUT2D eigenvalue weighted by molar-refractivity contribution is 5.29. The van der Waals surface area contributed by atoms with E-state index in [4.69, 9.17) is 10.5 Å². The largest absolute Gasteiger partial charge is 0.463 e. The zero-order chi connectivity index (χ0) is 12.8. The molecule has 0 atom stereocenters. The lowest BCUT2D eigenvalue weighted by atomic mass is 10.1. The summed E-state index contributed by atoms with van der Waals surface area (Å²) in [5.41, 5.74) is 6.49. The summed E-state index contributed by atoms with van der Waals surface area (Å²) < 4.78 is 18.1. The van der Waals surface area contributed by atoms with Crippen molar-refractivity contribution in [2.75, 3.05) is 12.3 Å². The standard InChI is InChI=1S/C12H13FN4O/c13-10-8-16-12(17-11(10)14)18-7-1-2-9-3-5-15-6-4-9/h3-6,8H,1-2,7H2,(H2,14,16,17). The minimum absolute atomic E-state index is 0.101. The molecule has 2 aromatic heterocycles. The Morgan fingerprint density at radius 1 is 1.28 bits per heavy atom. The molecule has 18 heavy (non-hydrogen) atoms. The van der Waals surface area contributed by atoms with Crippen molar-refractivity contribution in [1.29, 1.82) is 0 Å². The lowest BCUT2D eigenvalue weighted by Gasteiger charge is -2.04. The van der Waals surface area contributed by atoms with Gasteiger partial charge >= 0.3 is 6.01 Å². The molecule has 2 heterocycles. The highest BCUT2D eigenvalue weighted by Crippen LogP contribution is 2.09. The Hall–Kier alpha value is -2.24. The molecule has 0 aromatic carbocycles. The van der Waals surface area contributed by atoms with Crippen molar-refractivity contribution in [3.05, 3.63) is 42.1 Å². The molecule has 2 rings (SSSR count). The molecule has 0 saturated carbocycles. The van der Waals surface area contributed by atoms with Crippen LogP contribution >= 0.6 is 0 Å². The van der Waals surface area contributed by atoms with Crippen LogP contribution in [0.4, 0.5) is 10.2 Å². The monoisotopic (exact) mass is 248 g/mol. The first-order chi connectivity index (χ1) is 8.75. The minimum atomic E-state index is -0.640. The first kappa shape index (κ1) is 12.2. The van der Waals surface area contributed by atoms with Gasteiger partial charge in [0.2, 0.25) is 0 Å². The predicted octanol–water partition coefficient (Wildman–Crippen LogP) is 1.60. The van der Waals surface area contributed by atoms with Gasteiger partial charge in [0.15, 0.2) is 11.6 Å². The molecule has 5 nitrogen and oxygen atoms in total. The van der Waals surface area contributed by atoms with Crippen molar-refractivity contribution < 1.29 is 9.13 Å². The summed E-state index contributed by atoms with van der Waals surface area (Å²) in [7, 11) is 0. The molecule has 6 heteroatoms. The number of hydrogen-bond acceptors (Lipinski definition) is 5. The van der Waals surface area contributed by atoms with Crippen LogP contribution in [0.5, 0.6) is 6.01 Å². The molecule has 0 aliphatic heterocycles. The van der Waals surface area contributed by atoms with Crippen LogP contribution in [0.25, 0.3) is 0 Å². The van der Waals surface area contributed by atoms with Gasteiger partial charge in [0, 0.05) is 12.4 Å². The Bertz CT molecular complexity index is 507. The van der Waals surface area contributed by atoms with Gasteiger partial charge in [-0.05, 0) is 30.5 Å². The Kier molecular flexibility index (Phi) is 4.01. The molecule has 0 aliphatic carbocycles. The van der Waals surface area contributed by atoms with E-state index in [0.717, 1.165) is 19.0 Å². The third kappa shape index (κ3) is 3.38. The quantitative estimate of drug-likeness (QED) is 0.813. The molecule has 0 radical (unpaired) electrons. The number of hydrogen-bond donors (Lipinski definition) is 1.